The summed E-state index contributed by atoms with van der Waals surface area (Å²) in [6, 6.07) is 104. The highest BCUT2D eigenvalue weighted by Crippen LogP contribution is 2.57. The fourth-order valence-electron chi connectivity index (χ4n) is 17.5. The lowest BCUT2D eigenvalue weighted by atomic mass is 9.31. The molecule has 16 aromatic carbocycles. The Hall–Kier alpha value is -12.1. The first-order chi connectivity index (χ1) is 48.9. The maximum absolute atomic E-state index is 16.5. The Morgan fingerprint density at radius 2 is 0.540 bits per heavy atom. The predicted octanol–water partition coefficient (Wildman–Crippen LogP) is 21.2. The van der Waals surface area contributed by atoms with Crippen LogP contribution in [0, 0.1) is 0 Å². The average Bonchev–Trinajstić information content (AvgIpc) is 0.662. The maximum atomic E-state index is 16.5. The van der Waals surface area contributed by atoms with Crippen LogP contribution >= 0.6 is 0 Å². The van der Waals surface area contributed by atoms with Gasteiger partial charge in [-0.2, -0.15) is 26.3 Å². The molecule has 4 aliphatic rings. The molecule has 0 N–H and O–H groups in total. The first kappa shape index (κ1) is 58.1. The first-order valence-electron chi connectivity index (χ1n) is 33.7. The van der Waals surface area contributed by atoms with Crippen molar-refractivity contribution in [2.45, 2.75) is 12.4 Å². The lowest BCUT2D eigenvalue weighted by Crippen LogP contribution is -2.60. The second kappa shape index (κ2) is 21.7. The second-order valence-electron chi connectivity index (χ2n) is 26.6. The van der Waals surface area contributed by atoms with Crippen LogP contribution in [0.15, 0.2) is 315 Å². The highest BCUT2D eigenvalue weighted by Gasteiger charge is 2.48. The zero-order valence-corrected chi connectivity index (χ0v) is 53.3. The Labute approximate surface area is 573 Å². The molecule has 0 saturated heterocycles. The van der Waals surface area contributed by atoms with Crippen LogP contribution in [0.2, 0.25) is 0 Å². The van der Waals surface area contributed by atoms with Gasteiger partial charge in [0.15, 0.2) is 0 Å². The van der Waals surface area contributed by atoms with E-state index in [1.807, 2.05) is 180 Å². The standard InChI is InChI=1S/C90H52B2F6N2/c93-89(94,95)57-45-71-67-49-65(81-61(53-25-7-1-8-26-53)37-23-38-62(81)54-27-9-2-10-28-54)69-51-75-84-68(72-46-58(90(96,97)98)48-80-88(72)91(75)73-41-19-21-43-77(73)100(80)60-35-17-6-18-36-60)50-66(82-63(55-29-11-3-12-30-55)39-24-40-64(82)56-31-13-4-14-32-56)70-52-76(83(67)85(69)86(70)84)92-74-42-20-22-44-78(74)99(79(47-57)87(71)92)59-33-15-5-16-34-59/h1-52H. The van der Waals surface area contributed by atoms with Crippen molar-refractivity contribution in [1.29, 1.82) is 0 Å². The molecule has 4 aliphatic heterocycles. The largest absolute Gasteiger partial charge is 0.416 e. The molecule has 0 aliphatic carbocycles. The molecule has 0 amide bonds. The summed E-state index contributed by atoms with van der Waals surface area (Å²) in [7, 11) is 0. The SMILES string of the molecule is FC(F)(F)c1cc2c3c(c1)N(c1ccccc1)c1ccccc1B3c1cc3c(-c4c(-c5ccccc5)cccc4-c4ccccc4)cc4c5c(cc6c(-c7c(-c8ccccc8)cccc7-c7ccccc7)cc-2c1c6c35)B1c2ccccc2N(c2ccccc2)c2cc(C(F)(F)F)cc-4c21. The number of halogens is 6. The number of anilines is 6. The number of alkyl halides is 6. The van der Waals surface area contributed by atoms with Crippen molar-refractivity contribution in [3.05, 3.63) is 327 Å². The number of fused-ring (bicyclic) bond motifs is 8. The van der Waals surface area contributed by atoms with E-state index in [0.717, 1.165) is 143 Å². The van der Waals surface area contributed by atoms with Gasteiger partial charge in [0.05, 0.1) is 11.1 Å². The summed E-state index contributed by atoms with van der Waals surface area (Å²) < 4.78 is 98.8. The van der Waals surface area contributed by atoms with Gasteiger partial charge in [0.1, 0.15) is 0 Å². The van der Waals surface area contributed by atoms with Gasteiger partial charge < -0.3 is 9.80 Å². The van der Waals surface area contributed by atoms with E-state index in [1.54, 1.807) is 0 Å². The molecule has 0 spiro atoms. The number of para-hydroxylation sites is 4. The van der Waals surface area contributed by atoms with Gasteiger partial charge in [-0.1, -0.05) is 254 Å². The van der Waals surface area contributed by atoms with Gasteiger partial charge in [0.25, 0.3) is 0 Å². The molecular formula is C90H52B2F6N2. The fraction of sp³-hybridized carbons (Fsp3) is 0.0222. The van der Waals surface area contributed by atoms with Crippen LogP contribution in [0.5, 0.6) is 0 Å². The summed E-state index contributed by atoms with van der Waals surface area (Å²) in [5.41, 5.74) is 20.3. The van der Waals surface area contributed by atoms with Crippen LogP contribution in [0.1, 0.15) is 11.1 Å². The van der Waals surface area contributed by atoms with E-state index < -0.39 is 36.9 Å². The molecule has 0 saturated carbocycles. The molecule has 20 rings (SSSR count). The van der Waals surface area contributed by atoms with Crippen molar-refractivity contribution >= 4 is 113 Å². The highest BCUT2D eigenvalue weighted by atomic mass is 19.4. The number of rotatable bonds is 8. The zero-order chi connectivity index (χ0) is 66.9. The van der Waals surface area contributed by atoms with E-state index >= 15 is 26.3 Å². The smallest absolute Gasteiger partial charge is 0.311 e. The summed E-state index contributed by atoms with van der Waals surface area (Å²) in [4.78, 5) is 4.00. The Bertz CT molecular complexity index is 5580. The third-order valence-corrected chi connectivity index (χ3v) is 21.4. The molecule has 0 bridgehead atoms. The maximum Gasteiger partial charge on any atom is 0.416 e. The van der Waals surface area contributed by atoms with E-state index in [-0.39, 0.29) is 0 Å². The Morgan fingerprint density at radius 3 is 0.870 bits per heavy atom. The minimum absolute atomic E-state index is 0.424. The van der Waals surface area contributed by atoms with Gasteiger partial charge in [-0.05, 0) is 216 Å². The van der Waals surface area contributed by atoms with Crippen LogP contribution in [0.25, 0.3) is 121 Å². The van der Waals surface area contributed by atoms with Crippen molar-refractivity contribution in [2.24, 2.45) is 0 Å². The van der Waals surface area contributed by atoms with Gasteiger partial charge in [-0.25, -0.2) is 0 Å². The van der Waals surface area contributed by atoms with Crippen molar-refractivity contribution in [1.82, 2.24) is 0 Å². The summed E-state index contributed by atoms with van der Waals surface area (Å²) in [6.45, 7) is -1.23. The number of benzene rings is 16. The van der Waals surface area contributed by atoms with Gasteiger partial charge in [0.2, 0.25) is 13.4 Å². The van der Waals surface area contributed by atoms with Crippen molar-refractivity contribution in [3.63, 3.8) is 0 Å². The van der Waals surface area contributed by atoms with Gasteiger partial charge in [0, 0.05) is 34.1 Å². The minimum atomic E-state index is -4.78. The molecule has 0 atom stereocenters. The van der Waals surface area contributed by atoms with Gasteiger partial charge >= 0.3 is 12.4 Å². The molecule has 4 heterocycles. The number of nitrogens with zero attached hydrogens (tertiary/aromatic N) is 2. The van der Waals surface area contributed by atoms with Crippen LogP contribution in [0.4, 0.5) is 60.5 Å². The Kier molecular flexibility index (Phi) is 12.6. The third-order valence-electron chi connectivity index (χ3n) is 21.4. The van der Waals surface area contributed by atoms with Crippen LogP contribution in [-0.4, -0.2) is 13.4 Å². The highest BCUT2D eigenvalue weighted by molar-refractivity contribution is 7.02. The molecule has 16 aromatic rings. The quantitative estimate of drug-likeness (QED) is 0.0850. The van der Waals surface area contributed by atoms with E-state index in [2.05, 4.69) is 121 Å². The van der Waals surface area contributed by atoms with E-state index in [4.69, 9.17) is 0 Å². The molecular weight excluding hydrogens is 1240 g/mol. The van der Waals surface area contributed by atoms with Crippen LogP contribution in [-0.2, 0) is 12.4 Å². The molecule has 10 heteroatoms. The van der Waals surface area contributed by atoms with Gasteiger partial charge in [-0.3, -0.25) is 0 Å². The minimum Gasteiger partial charge on any atom is -0.311 e. The van der Waals surface area contributed by atoms with Crippen molar-refractivity contribution < 1.29 is 26.3 Å². The lowest BCUT2D eigenvalue weighted by Gasteiger charge is -2.42. The Balaban J connectivity index is 1.06. The second-order valence-corrected chi connectivity index (χ2v) is 26.6. The summed E-state index contributed by atoms with van der Waals surface area (Å²) >= 11 is 0. The Morgan fingerprint density at radius 1 is 0.230 bits per heavy atom. The molecule has 0 unspecified atom stereocenters. The van der Waals surface area contributed by atoms with E-state index in [1.165, 1.54) is 24.3 Å². The summed E-state index contributed by atoms with van der Waals surface area (Å²) in [5, 5.41) is 4.95. The van der Waals surface area contributed by atoms with Crippen LogP contribution in [0.3, 0.4) is 0 Å². The lowest BCUT2D eigenvalue weighted by molar-refractivity contribution is -0.138. The van der Waals surface area contributed by atoms with Gasteiger partial charge in [-0.15, -0.1) is 0 Å². The van der Waals surface area contributed by atoms with Crippen molar-refractivity contribution in [2.75, 3.05) is 9.80 Å². The zero-order valence-electron chi connectivity index (χ0n) is 53.3. The summed E-state index contributed by atoms with van der Waals surface area (Å²) in [5.74, 6) is 0. The van der Waals surface area contributed by atoms with E-state index in [9.17, 15) is 0 Å². The number of hydrogen-bond donors (Lipinski definition) is 0. The third kappa shape index (κ3) is 8.49. The normalized spacial score (nSPS) is 13.2. The predicted molar refractivity (Wildman–Crippen MR) is 402 cm³/mol. The molecule has 0 radical (unpaired) electrons. The number of hydrogen-bond acceptors (Lipinski definition) is 2. The van der Waals surface area contributed by atoms with Crippen molar-refractivity contribution in [3.8, 4) is 89.0 Å². The topological polar surface area (TPSA) is 6.48 Å². The average molecular weight is 1300 g/mol. The molecule has 0 fully saturated rings. The molecule has 470 valence electrons. The molecule has 2 nitrogen and oxygen atoms in total. The van der Waals surface area contributed by atoms with Crippen LogP contribution < -0.4 is 42.6 Å². The van der Waals surface area contributed by atoms with E-state index in [0.29, 0.717) is 45.0 Å². The first-order valence-corrected chi connectivity index (χ1v) is 33.7. The molecule has 0 aromatic heterocycles. The monoisotopic (exact) mass is 1300 g/mol. The molecule has 100 heavy (non-hydrogen) atoms. The fourth-order valence-corrected chi connectivity index (χ4v) is 17.5. The summed E-state index contributed by atoms with van der Waals surface area (Å²) in [6.07, 6.45) is -9.56.